The van der Waals surface area contributed by atoms with E-state index in [4.69, 9.17) is 0 Å². The highest BCUT2D eigenvalue weighted by Gasteiger charge is 2.24. The molecule has 0 fully saturated rings. The third-order valence-corrected chi connectivity index (χ3v) is 5.38. The number of aromatic nitrogens is 2. The van der Waals surface area contributed by atoms with Crippen LogP contribution in [0.5, 0.6) is 0 Å². The Morgan fingerprint density at radius 2 is 1.82 bits per heavy atom. The van der Waals surface area contributed by atoms with Crippen molar-refractivity contribution < 1.29 is 24.2 Å². The summed E-state index contributed by atoms with van der Waals surface area (Å²) in [4.78, 5) is 29.9. The number of hydrogen-bond donors (Lipinski definition) is 3. The molecule has 3 N–H and O–H groups in total. The van der Waals surface area contributed by atoms with E-state index in [1.165, 1.54) is 18.3 Å². The van der Waals surface area contributed by atoms with Crippen molar-refractivity contribution in [2.24, 2.45) is 0 Å². The first-order valence-electron chi connectivity index (χ1n) is 10.4. The summed E-state index contributed by atoms with van der Waals surface area (Å²) in [5, 5.41) is 22.3. The lowest BCUT2D eigenvalue weighted by atomic mass is 10.00. The van der Waals surface area contributed by atoms with Gasteiger partial charge in [0.15, 0.2) is 5.78 Å². The van der Waals surface area contributed by atoms with Crippen LogP contribution in [0, 0.1) is 5.82 Å². The molecule has 8 heteroatoms. The van der Waals surface area contributed by atoms with Gasteiger partial charge >= 0.3 is 0 Å². The van der Waals surface area contributed by atoms with Crippen LogP contribution in [0.4, 0.5) is 4.39 Å². The number of imidazole rings is 1. The molecular formula is C25H22FN3O4. The monoisotopic (exact) mass is 447 g/mol. The molecule has 2 aromatic heterocycles. The van der Waals surface area contributed by atoms with Gasteiger partial charge in [0.25, 0.3) is 5.91 Å². The van der Waals surface area contributed by atoms with E-state index in [0.29, 0.717) is 16.9 Å². The van der Waals surface area contributed by atoms with Gasteiger partial charge in [-0.2, -0.15) is 0 Å². The third-order valence-electron chi connectivity index (χ3n) is 5.38. The van der Waals surface area contributed by atoms with Crippen molar-refractivity contribution in [3.8, 4) is 0 Å². The normalized spacial score (nSPS) is 12.9. The van der Waals surface area contributed by atoms with Crippen LogP contribution in [0.25, 0.3) is 5.65 Å². The number of nitrogens with zero attached hydrogens (tertiary/aromatic N) is 2. The van der Waals surface area contributed by atoms with E-state index in [-0.39, 0.29) is 23.3 Å². The van der Waals surface area contributed by atoms with Gasteiger partial charge in [-0.15, -0.1) is 0 Å². The number of hydrogen-bond acceptors (Lipinski definition) is 5. The van der Waals surface area contributed by atoms with Crippen molar-refractivity contribution in [2.45, 2.75) is 18.6 Å². The predicted molar refractivity (Wildman–Crippen MR) is 119 cm³/mol. The molecule has 2 aromatic carbocycles. The maximum atomic E-state index is 14.5. The number of pyridine rings is 1. The van der Waals surface area contributed by atoms with E-state index < -0.39 is 30.5 Å². The SMILES string of the molecule is O=C(N[C@@H](c1ccccc1)[C@H](O)CO)c1ccc(F)c(CC(=O)c2cnc3ccccn23)c1. The summed E-state index contributed by atoms with van der Waals surface area (Å²) < 4.78 is 16.1. The number of amides is 1. The summed E-state index contributed by atoms with van der Waals surface area (Å²) >= 11 is 0. The Hall–Kier alpha value is -3.88. The van der Waals surface area contributed by atoms with E-state index in [0.717, 1.165) is 6.07 Å². The summed E-state index contributed by atoms with van der Waals surface area (Å²) in [6.45, 7) is -0.553. The van der Waals surface area contributed by atoms with E-state index in [1.54, 1.807) is 59.1 Å². The fraction of sp³-hybridized carbons (Fsp3) is 0.160. The van der Waals surface area contributed by atoms with Gasteiger partial charge in [0.1, 0.15) is 23.3 Å². The number of Topliss-reactive ketones (excluding diaryl/α,β-unsaturated/α-hetero) is 1. The summed E-state index contributed by atoms with van der Waals surface area (Å²) in [5.41, 5.74) is 1.72. The Bertz CT molecular complexity index is 1290. The van der Waals surface area contributed by atoms with Crippen LogP contribution in [-0.4, -0.2) is 44.0 Å². The fourth-order valence-corrected chi connectivity index (χ4v) is 3.65. The Balaban J connectivity index is 1.56. The smallest absolute Gasteiger partial charge is 0.251 e. The molecule has 2 heterocycles. The quantitative estimate of drug-likeness (QED) is 0.361. The molecule has 1 amide bonds. The average molecular weight is 447 g/mol. The number of ketones is 1. The minimum Gasteiger partial charge on any atom is -0.394 e. The molecule has 33 heavy (non-hydrogen) atoms. The number of halogens is 1. The second kappa shape index (κ2) is 9.72. The van der Waals surface area contributed by atoms with Gasteiger partial charge in [-0.1, -0.05) is 36.4 Å². The zero-order chi connectivity index (χ0) is 23.4. The number of nitrogens with one attached hydrogen (secondary N) is 1. The van der Waals surface area contributed by atoms with Crippen LogP contribution in [0.2, 0.25) is 0 Å². The van der Waals surface area contributed by atoms with Gasteiger partial charge in [0.2, 0.25) is 0 Å². The second-order valence-electron chi connectivity index (χ2n) is 7.59. The molecule has 0 saturated heterocycles. The van der Waals surface area contributed by atoms with Crippen LogP contribution in [0.3, 0.4) is 0 Å². The molecule has 7 nitrogen and oxygen atoms in total. The first-order valence-corrected chi connectivity index (χ1v) is 10.4. The maximum Gasteiger partial charge on any atom is 0.251 e. The van der Waals surface area contributed by atoms with Crippen LogP contribution in [0.15, 0.2) is 79.1 Å². The molecule has 0 radical (unpaired) electrons. The zero-order valence-corrected chi connectivity index (χ0v) is 17.6. The van der Waals surface area contributed by atoms with Gasteiger partial charge in [0.05, 0.1) is 18.8 Å². The molecule has 0 aliphatic carbocycles. The van der Waals surface area contributed by atoms with Crippen molar-refractivity contribution >= 4 is 17.3 Å². The van der Waals surface area contributed by atoms with Gasteiger partial charge in [-0.05, 0) is 41.5 Å². The van der Waals surface area contributed by atoms with Crippen molar-refractivity contribution in [3.05, 3.63) is 107 Å². The van der Waals surface area contributed by atoms with Crippen LogP contribution in [-0.2, 0) is 6.42 Å². The number of rotatable bonds is 8. The fourth-order valence-electron chi connectivity index (χ4n) is 3.65. The van der Waals surface area contributed by atoms with Crippen LogP contribution in [0.1, 0.15) is 38.0 Å². The number of fused-ring (bicyclic) bond motifs is 1. The molecule has 0 spiro atoms. The highest BCUT2D eigenvalue weighted by Crippen LogP contribution is 2.19. The highest BCUT2D eigenvalue weighted by atomic mass is 19.1. The van der Waals surface area contributed by atoms with Gasteiger partial charge in [-0.3, -0.25) is 14.0 Å². The number of carbonyl (C=O) groups is 2. The lowest BCUT2D eigenvalue weighted by molar-refractivity contribution is 0.0564. The lowest BCUT2D eigenvalue weighted by Gasteiger charge is -2.23. The summed E-state index contributed by atoms with van der Waals surface area (Å²) in [6, 6.07) is 16.9. The maximum absolute atomic E-state index is 14.5. The van der Waals surface area contributed by atoms with Gasteiger partial charge < -0.3 is 15.5 Å². The van der Waals surface area contributed by atoms with E-state index >= 15 is 0 Å². The molecule has 0 saturated carbocycles. The number of aliphatic hydroxyl groups is 2. The number of benzene rings is 2. The zero-order valence-electron chi connectivity index (χ0n) is 17.6. The minimum atomic E-state index is -1.23. The highest BCUT2D eigenvalue weighted by molar-refractivity contribution is 5.98. The Morgan fingerprint density at radius 3 is 2.58 bits per heavy atom. The minimum absolute atomic E-state index is 0.0671. The second-order valence-corrected chi connectivity index (χ2v) is 7.59. The van der Waals surface area contributed by atoms with Crippen LogP contribution >= 0.6 is 0 Å². The Kier molecular flexibility index (Phi) is 6.58. The van der Waals surface area contributed by atoms with Crippen molar-refractivity contribution in [3.63, 3.8) is 0 Å². The summed E-state index contributed by atoms with van der Waals surface area (Å²) in [7, 11) is 0. The van der Waals surface area contributed by atoms with Gasteiger partial charge in [0, 0.05) is 18.2 Å². The molecule has 2 atom stereocenters. The molecule has 168 valence electrons. The van der Waals surface area contributed by atoms with E-state index in [2.05, 4.69) is 10.3 Å². The molecule has 0 bridgehead atoms. The Morgan fingerprint density at radius 1 is 1.06 bits per heavy atom. The lowest BCUT2D eigenvalue weighted by Crippen LogP contribution is -2.38. The van der Waals surface area contributed by atoms with Crippen molar-refractivity contribution in [2.75, 3.05) is 6.61 Å². The van der Waals surface area contributed by atoms with Crippen molar-refractivity contribution in [1.82, 2.24) is 14.7 Å². The van der Waals surface area contributed by atoms with Crippen molar-refractivity contribution in [1.29, 1.82) is 0 Å². The van der Waals surface area contributed by atoms with E-state index in [1.807, 2.05) is 0 Å². The third kappa shape index (κ3) is 4.82. The largest absolute Gasteiger partial charge is 0.394 e. The topological polar surface area (TPSA) is 104 Å². The molecule has 4 aromatic rings. The van der Waals surface area contributed by atoms with Crippen LogP contribution < -0.4 is 5.32 Å². The number of aliphatic hydroxyl groups excluding tert-OH is 2. The van der Waals surface area contributed by atoms with E-state index in [9.17, 15) is 24.2 Å². The molecule has 0 aliphatic heterocycles. The first-order chi connectivity index (χ1) is 16.0. The molecule has 0 unspecified atom stereocenters. The Labute approximate surface area is 189 Å². The first kappa shape index (κ1) is 22.3. The molecule has 4 rings (SSSR count). The predicted octanol–water partition coefficient (Wildman–Crippen LogP) is 2.72. The molecular weight excluding hydrogens is 425 g/mol. The summed E-state index contributed by atoms with van der Waals surface area (Å²) in [5.74, 6) is -1.52. The standard InChI is InChI=1S/C25H22FN3O4/c26-19-10-9-17(25(33)28-24(22(32)15-30)16-6-2-1-3-7-16)12-18(19)13-21(31)20-14-27-23-8-4-5-11-29(20)23/h1-12,14,22,24,30,32H,13,15H2,(H,28,33)/t22-,24+/m1/s1. The van der Waals surface area contributed by atoms with Gasteiger partial charge in [-0.25, -0.2) is 9.37 Å². The molecule has 0 aliphatic rings. The average Bonchev–Trinajstić information content (AvgIpc) is 3.28. The number of carbonyl (C=O) groups excluding carboxylic acids is 2. The summed E-state index contributed by atoms with van der Waals surface area (Å²) in [6.07, 6.45) is 1.66.